The molecule has 27 heavy (non-hydrogen) atoms. The van der Waals surface area contributed by atoms with Gasteiger partial charge >= 0.3 is 5.97 Å². The first-order valence-corrected chi connectivity index (χ1v) is 8.15. The van der Waals surface area contributed by atoms with Gasteiger partial charge in [-0.25, -0.2) is 4.79 Å². The summed E-state index contributed by atoms with van der Waals surface area (Å²) in [6, 6.07) is 13.7. The van der Waals surface area contributed by atoms with Crippen LogP contribution in [-0.4, -0.2) is 37.1 Å². The number of benzene rings is 2. The molecule has 2 aromatic rings. The molecule has 0 aromatic heterocycles. The molecule has 0 aliphatic carbocycles. The largest absolute Gasteiger partial charge is 0.467 e. The maximum atomic E-state index is 12.6. The second kappa shape index (κ2) is 9.44. The van der Waals surface area contributed by atoms with E-state index in [1.807, 2.05) is 6.07 Å². The first-order valence-electron chi connectivity index (χ1n) is 8.15. The van der Waals surface area contributed by atoms with E-state index in [1.54, 1.807) is 24.3 Å². The fourth-order valence-electron chi connectivity index (χ4n) is 2.59. The molecule has 1 N–H and O–H groups in total. The van der Waals surface area contributed by atoms with Crippen LogP contribution < -0.4 is 5.32 Å². The topological polar surface area (TPSA) is 108 Å². The third-order valence-electron chi connectivity index (χ3n) is 3.97. The Balaban J connectivity index is 2.14. The summed E-state index contributed by atoms with van der Waals surface area (Å²) in [7, 11) is 2.63. The number of methoxy groups -OCH3 is 2. The Morgan fingerprint density at radius 1 is 1.07 bits per heavy atom. The minimum Gasteiger partial charge on any atom is -0.467 e. The van der Waals surface area contributed by atoms with Crippen LogP contribution in [0.4, 0.5) is 5.69 Å². The Morgan fingerprint density at radius 3 is 2.22 bits per heavy atom. The molecule has 142 valence electrons. The van der Waals surface area contributed by atoms with E-state index >= 15 is 0 Å². The molecule has 2 aromatic carbocycles. The zero-order valence-corrected chi connectivity index (χ0v) is 15.0. The van der Waals surface area contributed by atoms with Crippen molar-refractivity contribution in [1.82, 2.24) is 5.32 Å². The first-order chi connectivity index (χ1) is 13.0. The van der Waals surface area contributed by atoms with Gasteiger partial charge in [-0.05, 0) is 11.1 Å². The van der Waals surface area contributed by atoms with Crippen molar-refractivity contribution in [1.29, 1.82) is 0 Å². The number of carbonyl (C=O) groups is 2. The van der Waals surface area contributed by atoms with E-state index in [0.717, 1.165) is 0 Å². The van der Waals surface area contributed by atoms with Crippen molar-refractivity contribution >= 4 is 17.6 Å². The van der Waals surface area contributed by atoms with Crippen LogP contribution >= 0.6 is 0 Å². The Bertz CT molecular complexity index is 792. The highest BCUT2D eigenvalue weighted by Crippen LogP contribution is 2.18. The number of nitrogens with zero attached hydrogens (tertiary/aromatic N) is 1. The maximum Gasteiger partial charge on any atom is 0.328 e. The van der Waals surface area contributed by atoms with E-state index < -0.39 is 28.9 Å². The van der Waals surface area contributed by atoms with Gasteiger partial charge in [0.05, 0.1) is 12.0 Å². The lowest BCUT2D eigenvalue weighted by Gasteiger charge is -2.21. The Kier molecular flexibility index (Phi) is 7.01. The predicted octanol–water partition coefficient (Wildman–Crippen LogP) is 2.18. The number of rotatable bonds is 8. The fourth-order valence-corrected chi connectivity index (χ4v) is 2.59. The van der Waals surface area contributed by atoms with Crippen LogP contribution in [0.3, 0.4) is 0 Å². The predicted molar refractivity (Wildman–Crippen MR) is 96.9 cm³/mol. The Labute approximate surface area is 156 Å². The molecule has 0 bridgehead atoms. The summed E-state index contributed by atoms with van der Waals surface area (Å²) in [5, 5.41) is 13.4. The van der Waals surface area contributed by atoms with Gasteiger partial charge in [0.15, 0.2) is 6.10 Å². The third kappa shape index (κ3) is 5.35. The lowest BCUT2D eigenvalue weighted by atomic mass is 10.0. The summed E-state index contributed by atoms with van der Waals surface area (Å²) in [6.45, 7) is 0. The number of ether oxygens (including phenoxy) is 2. The van der Waals surface area contributed by atoms with Gasteiger partial charge < -0.3 is 14.8 Å². The van der Waals surface area contributed by atoms with Gasteiger partial charge in [0.2, 0.25) is 0 Å². The summed E-state index contributed by atoms with van der Waals surface area (Å²) in [5.74, 6) is -1.11. The lowest BCUT2D eigenvalue weighted by Crippen LogP contribution is -2.45. The van der Waals surface area contributed by atoms with Crippen molar-refractivity contribution in [2.24, 2.45) is 0 Å². The van der Waals surface area contributed by atoms with E-state index in [0.29, 0.717) is 11.1 Å². The molecule has 0 saturated heterocycles. The van der Waals surface area contributed by atoms with Crippen molar-refractivity contribution in [3.05, 3.63) is 75.8 Å². The van der Waals surface area contributed by atoms with Crippen LogP contribution in [0.2, 0.25) is 0 Å². The molecule has 0 fully saturated rings. The van der Waals surface area contributed by atoms with Crippen molar-refractivity contribution in [2.75, 3.05) is 14.2 Å². The zero-order valence-electron chi connectivity index (χ0n) is 15.0. The van der Waals surface area contributed by atoms with E-state index in [9.17, 15) is 19.7 Å². The monoisotopic (exact) mass is 372 g/mol. The molecule has 8 nitrogen and oxygen atoms in total. The van der Waals surface area contributed by atoms with E-state index in [1.165, 1.54) is 38.5 Å². The Morgan fingerprint density at radius 2 is 1.70 bits per heavy atom. The molecular weight excluding hydrogens is 352 g/mol. The highest BCUT2D eigenvalue weighted by Gasteiger charge is 2.27. The Hall–Kier alpha value is -3.26. The number of carbonyl (C=O) groups excluding carboxylic acids is 2. The number of hydrogen-bond acceptors (Lipinski definition) is 6. The van der Waals surface area contributed by atoms with E-state index in [-0.39, 0.29) is 12.1 Å². The lowest BCUT2D eigenvalue weighted by molar-refractivity contribution is -0.384. The zero-order chi connectivity index (χ0) is 19.8. The molecule has 0 unspecified atom stereocenters. The third-order valence-corrected chi connectivity index (χ3v) is 3.97. The standard InChI is InChI=1S/C19H20N2O6/c1-26-17(14-6-4-3-5-7-14)18(22)20-16(19(23)27-2)12-13-8-10-15(11-9-13)21(24)25/h3-11,16-17H,12H2,1-2H3,(H,20,22)/t16-,17+/m0/s1. The molecule has 2 rings (SSSR count). The second-order valence-corrected chi connectivity index (χ2v) is 5.74. The molecule has 0 heterocycles. The second-order valence-electron chi connectivity index (χ2n) is 5.74. The van der Waals surface area contributed by atoms with Crippen LogP contribution in [0.5, 0.6) is 0 Å². The normalized spacial score (nSPS) is 12.7. The van der Waals surface area contributed by atoms with Crippen LogP contribution in [0.25, 0.3) is 0 Å². The number of hydrogen-bond donors (Lipinski definition) is 1. The summed E-state index contributed by atoms with van der Waals surface area (Å²) in [4.78, 5) is 34.9. The van der Waals surface area contributed by atoms with Gasteiger partial charge in [-0.15, -0.1) is 0 Å². The summed E-state index contributed by atoms with van der Waals surface area (Å²) in [5.41, 5.74) is 1.24. The van der Waals surface area contributed by atoms with Crippen molar-refractivity contribution in [3.63, 3.8) is 0 Å². The molecule has 0 spiro atoms. The molecule has 0 saturated carbocycles. The molecule has 8 heteroatoms. The average molecular weight is 372 g/mol. The van der Waals surface area contributed by atoms with Crippen molar-refractivity contribution in [3.8, 4) is 0 Å². The number of amides is 1. The van der Waals surface area contributed by atoms with Crippen LogP contribution in [0.15, 0.2) is 54.6 Å². The number of nitro benzene ring substituents is 1. The highest BCUT2D eigenvalue weighted by molar-refractivity contribution is 5.87. The summed E-state index contributed by atoms with van der Waals surface area (Å²) < 4.78 is 10.0. The molecule has 0 aliphatic rings. The van der Waals surface area contributed by atoms with E-state index in [4.69, 9.17) is 9.47 Å². The van der Waals surface area contributed by atoms with Crippen LogP contribution in [0, 0.1) is 10.1 Å². The van der Waals surface area contributed by atoms with Gasteiger partial charge in [0.1, 0.15) is 6.04 Å². The minimum absolute atomic E-state index is 0.0547. The first kappa shape index (κ1) is 20.1. The van der Waals surface area contributed by atoms with Crippen LogP contribution in [-0.2, 0) is 25.5 Å². The molecular formula is C19H20N2O6. The highest BCUT2D eigenvalue weighted by atomic mass is 16.6. The number of esters is 1. The van der Waals surface area contributed by atoms with Gasteiger partial charge in [-0.2, -0.15) is 0 Å². The number of non-ortho nitro benzene ring substituents is 1. The van der Waals surface area contributed by atoms with Gasteiger partial charge in [0.25, 0.3) is 11.6 Å². The molecule has 2 atom stereocenters. The molecule has 0 aliphatic heterocycles. The molecule has 1 amide bonds. The minimum atomic E-state index is -0.953. The maximum absolute atomic E-state index is 12.6. The quantitative estimate of drug-likeness (QED) is 0.432. The van der Waals surface area contributed by atoms with Crippen molar-refractivity contribution in [2.45, 2.75) is 18.6 Å². The van der Waals surface area contributed by atoms with Crippen molar-refractivity contribution < 1.29 is 24.0 Å². The van der Waals surface area contributed by atoms with Gasteiger partial charge in [0, 0.05) is 25.7 Å². The summed E-state index contributed by atoms with van der Waals surface area (Å²) >= 11 is 0. The molecule has 0 radical (unpaired) electrons. The number of nitro groups is 1. The van der Waals surface area contributed by atoms with Gasteiger partial charge in [-0.3, -0.25) is 14.9 Å². The fraction of sp³-hybridized carbons (Fsp3) is 0.263. The van der Waals surface area contributed by atoms with Gasteiger partial charge in [-0.1, -0.05) is 42.5 Å². The van der Waals surface area contributed by atoms with E-state index in [2.05, 4.69) is 5.32 Å². The summed E-state index contributed by atoms with van der Waals surface area (Å²) in [6.07, 6.45) is -0.753. The SMILES string of the molecule is COC(=O)[C@H](Cc1ccc([N+](=O)[O-])cc1)NC(=O)[C@H](OC)c1ccccc1. The average Bonchev–Trinajstić information content (AvgIpc) is 2.68. The van der Waals surface area contributed by atoms with Crippen LogP contribution in [0.1, 0.15) is 17.2 Å². The smallest absolute Gasteiger partial charge is 0.328 e. The number of nitrogens with one attached hydrogen (secondary N) is 1.